The van der Waals surface area contributed by atoms with Gasteiger partial charge in [-0.3, -0.25) is 14.7 Å². The van der Waals surface area contributed by atoms with Crippen molar-refractivity contribution in [2.75, 3.05) is 6.54 Å². The molecule has 6 nitrogen and oxygen atoms in total. The monoisotopic (exact) mass is 247 g/mol. The van der Waals surface area contributed by atoms with Gasteiger partial charge in [0.1, 0.15) is 5.78 Å². The van der Waals surface area contributed by atoms with Crippen molar-refractivity contribution in [2.45, 2.75) is 10.4 Å². The quantitative estimate of drug-likeness (QED) is 0.219. The summed E-state index contributed by atoms with van der Waals surface area (Å²) in [6, 6.07) is 0. The van der Waals surface area contributed by atoms with Gasteiger partial charge in [-0.2, -0.15) is 25.3 Å². The Morgan fingerprint density at radius 3 is 2.15 bits per heavy atom. The minimum absolute atomic E-state index is 0.548. The Morgan fingerprint density at radius 1 is 1.46 bits per heavy atom. The Morgan fingerprint density at radius 2 is 1.92 bits per heavy atom. The molecule has 1 atom stereocenters. The predicted octanol–water partition coefficient (Wildman–Crippen LogP) is -0.650. The van der Waals surface area contributed by atoms with Crippen LogP contribution in [-0.2, 0) is 9.36 Å². The average molecular weight is 247 g/mol. The molecule has 1 unspecified atom stereocenters. The summed E-state index contributed by atoms with van der Waals surface area (Å²) >= 11 is 7.41. The summed E-state index contributed by atoms with van der Waals surface area (Å²) in [5.41, 5.74) is 0. The topological polar surface area (TPSA) is 107 Å². The normalized spacial score (nSPS) is 14.5. The third-order valence-corrected chi connectivity index (χ3v) is 3.38. The molecule has 13 heavy (non-hydrogen) atoms. The van der Waals surface area contributed by atoms with E-state index in [1.807, 2.05) is 0 Å². The largest absolute Gasteiger partial charge is 0.480 e. The maximum atomic E-state index is 10.7. The van der Waals surface area contributed by atoms with Crippen LogP contribution in [0.1, 0.15) is 0 Å². The number of aliphatic carboxylic acids is 1. The second kappa shape index (κ2) is 5.23. The second-order valence-electron chi connectivity index (χ2n) is 2.22. The second-order valence-corrected chi connectivity index (χ2v) is 5.48. The van der Waals surface area contributed by atoms with Crippen LogP contribution in [0, 0.1) is 0 Å². The fourth-order valence-electron chi connectivity index (χ4n) is 0.590. The molecule has 0 saturated heterocycles. The summed E-state index contributed by atoms with van der Waals surface area (Å²) in [6.07, 6.45) is 0. The van der Waals surface area contributed by atoms with E-state index in [1.54, 1.807) is 0 Å². The molecule has 0 amide bonds. The van der Waals surface area contributed by atoms with Gasteiger partial charge in [-0.05, 0) is 0 Å². The maximum absolute atomic E-state index is 10.7. The summed E-state index contributed by atoms with van der Waals surface area (Å²) in [5, 5.41) is 10.4. The van der Waals surface area contributed by atoms with Crippen molar-refractivity contribution in [3.05, 3.63) is 0 Å². The molecule has 9 heteroatoms. The lowest BCUT2D eigenvalue weighted by Gasteiger charge is -2.20. The molecule has 0 aromatic heterocycles. The zero-order valence-electron chi connectivity index (χ0n) is 6.36. The lowest BCUT2D eigenvalue weighted by Crippen LogP contribution is -2.37. The number of thiol groups is 2. The maximum Gasteiger partial charge on any atom is 0.344 e. The first-order valence-electron chi connectivity index (χ1n) is 3.11. The lowest BCUT2D eigenvalue weighted by molar-refractivity contribution is -0.136. The molecule has 0 aliphatic carbocycles. The van der Waals surface area contributed by atoms with Crippen molar-refractivity contribution in [2.24, 2.45) is 0 Å². The van der Waals surface area contributed by atoms with Crippen LogP contribution in [0.25, 0.3) is 0 Å². The first-order chi connectivity index (χ1) is 5.75. The number of carbonyl (C=O) groups is 1. The number of hydrogen-bond donors (Lipinski definition) is 6. The Balaban J connectivity index is 4.29. The number of nitrogens with one attached hydrogen (secondary N) is 1. The predicted molar refractivity (Wildman–Crippen MR) is 53.2 cm³/mol. The SMILES string of the molecule is O=C(O)CNC(C(S)S)P(=O)(O)O. The van der Waals surface area contributed by atoms with Gasteiger partial charge in [0.25, 0.3) is 0 Å². The molecule has 0 saturated carbocycles. The van der Waals surface area contributed by atoms with Crippen molar-refractivity contribution < 1.29 is 24.3 Å². The van der Waals surface area contributed by atoms with E-state index < -0.39 is 30.5 Å². The number of carboxylic acid groups (broad SMARTS) is 1. The van der Waals surface area contributed by atoms with E-state index in [0.29, 0.717) is 0 Å². The van der Waals surface area contributed by atoms with Gasteiger partial charge in [-0.25, -0.2) is 0 Å². The van der Waals surface area contributed by atoms with Gasteiger partial charge >= 0.3 is 13.6 Å². The highest BCUT2D eigenvalue weighted by molar-refractivity contribution is 7.99. The summed E-state index contributed by atoms with van der Waals surface area (Å²) in [4.78, 5) is 27.5. The molecule has 0 spiro atoms. The third kappa shape index (κ3) is 5.56. The molecule has 0 aliphatic heterocycles. The molecule has 4 N–H and O–H groups in total. The Kier molecular flexibility index (Phi) is 5.35. The lowest BCUT2D eigenvalue weighted by atomic mass is 10.6. The smallest absolute Gasteiger partial charge is 0.344 e. The van der Waals surface area contributed by atoms with E-state index in [-0.39, 0.29) is 0 Å². The summed E-state index contributed by atoms with van der Waals surface area (Å²) < 4.78 is 9.80. The Hall–Kier alpha value is 0.280. The average Bonchev–Trinajstić information content (AvgIpc) is 1.81. The van der Waals surface area contributed by atoms with E-state index in [9.17, 15) is 9.36 Å². The molecule has 0 bridgehead atoms. The van der Waals surface area contributed by atoms with Crippen molar-refractivity contribution in [3.63, 3.8) is 0 Å². The summed E-state index contributed by atoms with van der Waals surface area (Å²) in [7, 11) is -4.42. The van der Waals surface area contributed by atoms with Crippen molar-refractivity contribution in [3.8, 4) is 0 Å². The van der Waals surface area contributed by atoms with Crippen molar-refractivity contribution in [1.29, 1.82) is 0 Å². The number of hydrogen-bond acceptors (Lipinski definition) is 5. The zero-order chi connectivity index (χ0) is 10.6. The molecule has 0 fully saturated rings. The fourth-order valence-corrected chi connectivity index (χ4v) is 2.52. The van der Waals surface area contributed by atoms with Gasteiger partial charge in [0.15, 0.2) is 0 Å². The van der Waals surface area contributed by atoms with E-state index in [2.05, 4.69) is 30.6 Å². The van der Waals surface area contributed by atoms with Crippen LogP contribution in [0.4, 0.5) is 0 Å². The highest BCUT2D eigenvalue weighted by Gasteiger charge is 2.32. The van der Waals surface area contributed by atoms with E-state index in [1.165, 1.54) is 0 Å². The van der Waals surface area contributed by atoms with Gasteiger partial charge in [0.05, 0.1) is 11.1 Å². The van der Waals surface area contributed by atoms with E-state index in [4.69, 9.17) is 14.9 Å². The standard InChI is InChI=1S/C4H10NO5PS2/c6-2(7)1-5-3(4(12)13)11(8,9)10/h3-5,12-13H,1H2,(H,6,7)(H2,8,9,10). The molecule has 0 rings (SSSR count). The van der Waals surface area contributed by atoms with Crippen LogP contribution in [0.5, 0.6) is 0 Å². The van der Waals surface area contributed by atoms with Crippen LogP contribution in [0.3, 0.4) is 0 Å². The fraction of sp³-hybridized carbons (Fsp3) is 0.750. The minimum atomic E-state index is -4.42. The Labute approximate surface area is 85.7 Å². The number of rotatable bonds is 5. The molecule has 0 radical (unpaired) electrons. The first kappa shape index (κ1) is 13.3. The highest BCUT2D eigenvalue weighted by atomic mass is 32.2. The summed E-state index contributed by atoms with van der Waals surface area (Å²) in [5.74, 6) is -2.57. The Bertz CT molecular complexity index is 229. The van der Waals surface area contributed by atoms with E-state index >= 15 is 0 Å². The molecule has 0 aromatic rings. The summed E-state index contributed by atoms with van der Waals surface area (Å²) in [6.45, 7) is -0.548. The van der Waals surface area contributed by atoms with Crippen LogP contribution in [0.2, 0.25) is 0 Å². The van der Waals surface area contributed by atoms with Crippen LogP contribution in [0.15, 0.2) is 0 Å². The van der Waals surface area contributed by atoms with Gasteiger partial charge < -0.3 is 14.9 Å². The van der Waals surface area contributed by atoms with Crippen molar-refractivity contribution >= 4 is 38.8 Å². The van der Waals surface area contributed by atoms with Gasteiger partial charge in [-0.15, -0.1) is 0 Å². The highest BCUT2D eigenvalue weighted by Crippen LogP contribution is 2.43. The van der Waals surface area contributed by atoms with Crippen LogP contribution in [-0.4, -0.2) is 37.8 Å². The zero-order valence-corrected chi connectivity index (χ0v) is 9.04. The van der Waals surface area contributed by atoms with Gasteiger partial charge in [-0.1, -0.05) is 0 Å². The number of carboxylic acids is 1. The molecule has 0 heterocycles. The van der Waals surface area contributed by atoms with Gasteiger partial charge in [0, 0.05) is 0 Å². The minimum Gasteiger partial charge on any atom is -0.480 e. The van der Waals surface area contributed by atoms with E-state index in [0.717, 1.165) is 0 Å². The first-order valence-corrected chi connectivity index (χ1v) is 5.83. The molecule has 0 aromatic carbocycles. The van der Waals surface area contributed by atoms with Crippen LogP contribution < -0.4 is 5.32 Å². The molecule has 78 valence electrons. The van der Waals surface area contributed by atoms with Crippen molar-refractivity contribution in [1.82, 2.24) is 5.32 Å². The molecule has 0 aliphatic rings. The molecular formula is C4H10NO5PS2. The van der Waals surface area contributed by atoms with Gasteiger partial charge in [0.2, 0.25) is 0 Å². The molecular weight excluding hydrogens is 237 g/mol. The van der Waals surface area contributed by atoms with Crippen LogP contribution >= 0.6 is 32.9 Å². The third-order valence-electron chi connectivity index (χ3n) is 1.11.